The van der Waals surface area contributed by atoms with Crippen LogP contribution in [0.2, 0.25) is 0 Å². The monoisotopic (exact) mass is 495 g/mol. The van der Waals surface area contributed by atoms with E-state index in [0.29, 0.717) is 0 Å². The Labute approximate surface area is 227 Å². The predicted molar refractivity (Wildman–Crippen MR) is 143 cm³/mol. The predicted octanol–water partition coefficient (Wildman–Crippen LogP) is -4.21. The fraction of sp³-hybridized carbons (Fsp3) is 0.190. The zero-order valence-corrected chi connectivity index (χ0v) is 19.5. The van der Waals surface area contributed by atoms with Crippen molar-refractivity contribution in [1.82, 2.24) is 14.9 Å². The van der Waals surface area contributed by atoms with Crippen LogP contribution in [0.15, 0.2) is 24.5 Å². The van der Waals surface area contributed by atoms with Gasteiger partial charge in [-0.15, -0.1) is 13.2 Å². The lowest BCUT2D eigenvalue weighted by Crippen LogP contribution is -2.53. The van der Waals surface area contributed by atoms with Crippen molar-refractivity contribution in [3.05, 3.63) is 35.9 Å². The summed E-state index contributed by atoms with van der Waals surface area (Å²) in [5.74, 6) is -1.97. The minimum absolute atomic E-state index is 0.0796. The van der Waals surface area contributed by atoms with E-state index in [2.05, 4.69) is 14.7 Å². The van der Waals surface area contributed by atoms with Crippen LogP contribution in [0.1, 0.15) is 16.2 Å². The summed E-state index contributed by atoms with van der Waals surface area (Å²) in [5.41, 5.74) is -2.83. The van der Waals surface area contributed by atoms with Crippen LogP contribution in [0.3, 0.4) is 0 Å². The lowest BCUT2D eigenvalue weighted by Gasteiger charge is -2.38. The molecule has 17 heteroatoms. The molecule has 0 saturated heterocycles. The van der Waals surface area contributed by atoms with Crippen molar-refractivity contribution < 1.29 is 27.4 Å². The highest BCUT2D eigenvalue weighted by Gasteiger charge is 2.39. The van der Waals surface area contributed by atoms with Crippen LogP contribution in [-0.4, -0.2) is 103 Å². The van der Waals surface area contributed by atoms with Gasteiger partial charge in [-0.3, -0.25) is 4.79 Å². The van der Waals surface area contributed by atoms with E-state index in [4.69, 9.17) is 67.5 Å². The summed E-state index contributed by atoms with van der Waals surface area (Å²) in [6, 6.07) is 2.54. The highest BCUT2D eigenvalue weighted by atomic mass is 19.4. The number of nitrogens with zero attached hydrogens (tertiary/aromatic N) is 3. The number of fused-ring (bicyclic) bond motifs is 1. The van der Waals surface area contributed by atoms with E-state index < -0.39 is 39.7 Å². The van der Waals surface area contributed by atoms with Gasteiger partial charge in [0.05, 0.1) is 12.1 Å². The number of carbonyl (C=O) groups excluding carboxylic acids is 1. The number of halogens is 3. The van der Waals surface area contributed by atoms with Gasteiger partial charge < -0.3 is 14.4 Å². The number of hydrogen-bond acceptors (Lipinski definition) is 5. The first-order chi connectivity index (χ1) is 17.7. The van der Waals surface area contributed by atoms with Crippen LogP contribution in [0.4, 0.5) is 13.2 Å². The van der Waals surface area contributed by atoms with Crippen LogP contribution in [0.5, 0.6) is 11.5 Å². The number of amides is 1. The summed E-state index contributed by atoms with van der Waals surface area (Å²) in [6.07, 6.45) is -2.33. The topological polar surface area (TPSA) is 64.6 Å². The Morgan fingerprint density at radius 3 is 2.13 bits per heavy atom. The molecule has 38 heavy (non-hydrogen) atoms. The van der Waals surface area contributed by atoms with Gasteiger partial charge >= 0.3 is 6.36 Å². The van der Waals surface area contributed by atoms with E-state index in [1.165, 1.54) is 18.5 Å². The van der Waals surface area contributed by atoms with Gasteiger partial charge in [-0.2, -0.15) is 0 Å². The summed E-state index contributed by atoms with van der Waals surface area (Å²) in [4.78, 5) is 22.9. The summed E-state index contributed by atoms with van der Waals surface area (Å²) < 4.78 is 48.1. The summed E-state index contributed by atoms with van der Waals surface area (Å²) >= 11 is 0. The summed E-state index contributed by atoms with van der Waals surface area (Å²) in [6.45, 7) is -0.242. The standard InChI is InChI=1S/C21H8B8F3N3O3/c22-8-6-7(11(23)14(26)16(8)38-21(30,31)32)9-12(24)10-17(15(27)13(9)25)37-5-4-35(18(10)36)20(28,29)19-33-2-1-3-34-19/h1-3,6H,4-5H2. The molecule has 1 amide bonds. The Balaban J connectivity index is 1.93. The van der Waals surface area contributed by atoms with Crippen molar-refractivity contribution in [2.75, 3.05) is 13.2 Å². The quantitative estimate of drug-likeness (QED) is 0.345. The third-order valence-electron chi connectivity index (χ3n) is 5.83. The van der Waals surface area contributed by atoms with E-state index in [0.717, 1.165) is 11.0 Å². The first-order valence-corrected chi connectivity index (χ1v) is 10.7. The molecule has 0 aliphatic carbocycles. The molecule has 0 spiro atoms. The van der Waals surface area contributed by atoms with Gasteiger partial charge in [0.1, 0.15) is 86.7 Å². The normalized spacial score (nSPS) is 14.0. The highest BCUT2D eigenvalue weighted by molar-refractivity contribution is 6.59. The number of aromatic nitrogens is 2. The average Bonchev–Trinajstić information content (AvgIpc) is 3.03. The Hall–Kier alpha value is -3.10. The van der Waals surface area contributed by atoms with Crippen molar-refractivity contribution in [1.29, 1.82) is 0 Å². The molecule has 16 radical (unpaired) electrons. The molecule has 1 aliphatic heterocycles. The highest BCUT2D eigenvalue weighted by Crippen LogP contribution is 2.28. The van der Waals surface area contributed by atoms with Crippen LogP contribution in [-0.2, 0) is 5.34 Å². The first-order valence-electron chi connectivity index (χ1n) is 10.7. The minimum Gasteiger partial charge on any atom is -0.492 e. The zero-order valence-electron chi connectivity index (χ0n) is 19.5. The molecule has 170 valence electrons. The van der Waals surface area contributed by atoms with Crippen molar-refractivity contribution in [2.24, 2.45) is 0 Å². The molecule has 0 N–H and O–H groups in total. The average molecular weight is 494 g/mol. The van der Waals surface area contributed by atoms with Gasteiger partial charge in [-0.1, -0.05) is 38.8 Å². The SMILES string of the molecule is [B]c1cc(-c2c([B])c([B])c3c(c2[B])C(=O)N(C([B])([B])c2ncccn2)CCO3)c([B])c([B])c1OC(F)(F)F. The number of carbonyl (C=O) groups is 1. The lowest BCUT2D eigenvalue weighted by atomic mass is 9.59. The van der Waals surface area contributed by atoms with Crippen molar-refractivity contribution >= 4 is 101 Å². The molecule has 0 fully saturated rings. The molecule has 1 aliphatic rings. The molecule has 2 aromatic carbocycles. The largest absolute Gasteiger partial charge is 0.573 e. The number of ether oxygens (including phenoxy) is 2. The number of benzene rings is 2. The van der Waals surface area contributed by atoms with Gasteiger partial charge in [-0.25, -0.2) is 9.97 Å². The van der Waals surface area contributed by atoms with Crippen LogP contribution >= 0.6 is 0 Å². The molecular weight excluding hydrogens is 486 g/mol. The Bertz CT molecular complexity index is 1440. The maximum Gasteiger partial charge on any atom is 0.573 e. The molecule has 2 heterocycles. The van der Waals surface area contributed by atoms with Crippen LogP contribution in [0.25, 0.3) is 11.1 Å². The van der Waals surface area contributed by atoms with Crippen LogP contribution < -0.4 is 42.3 Å². The Morgan fingerprint density at radius 2 is 1.53 bits per heavy atom. The van der Waals surface area contributed by atoms with Crippen LogP contribution in [0, 0.1) is 0 Å². The fourth-order valence-corrected chi connectivity index (χ4v) is 4.05. The molecule has 0 atom stereocenters. The zero-order chi connectivity index (χ0) is 28.2. The van der Waals surface area contributed by atoms with E-state index in [1.807, 2.05) is 0 Å². The maximum absolute atomic E-state index is 13.8. The van der Waals surface area contributed by atoms with Gasteiger partial charge in [0.25, 0.3) is 5.91 Å². The molecule has 4 rings (SSSR count). The molecule has 3 aromatic rings. The van der Waals surface area contributed by atoms with E-state index in [9.17, 15) is 18.0 Å². The first kappa shape index (κ1) is 27.9. The van der Waals surface area contributed by atoms with Crippen molar-refractivity contribution in [3.63, 3.8) is 0 Å². The molecule has 6 nitrogen and oxygen atoms in total. The van der Waals surface area contributed by atoms with E-state index in [-0.39, 0.29) is 57.8 Å². The molecule has 0 bridgehead atoms. The van der Waals surface area contributed by atoms with E-state index in [1.54, 1.807) is 0 Å². The van der Waals surface area contributed by atoms with Crippen molar-refractivity contribution in [2.45, 2.75) is 11.7 Å². The molecule has 0 saturated carbocycles. The molecular formula is C21H8B8F3N3O3. The molecule has 0 unspecified atom stereocenters. The maximum atomic E-state index is 13.8. The van der Waals surface area contributed by atoms with Gasteiger partial charge in [0.2, 0.25) is 0 Å². The third kappa shape index (κ3) is 4.76. The second-order valence-corrected chi connectivity index (χ2v) is 8.24. The van der Waals surface area contributed by atoms with Gasteiger partial charge in [0, 0.05) is 17.7 Å². The summed E-state index contributed by atoms with van der Waals surface area (Å²) in [7, 11) is 49.0. The van der Waals surface area contributed by atoms with Gasteiger partial charge in [0.15, 0.2) is 0 Å². The van der Waals surface area contributed by atoms with E-state index >= 15 is 0 Å². The Kier molecular flexibility index (Phi) is 7.27. The Morgan fingerprint density at radius 1 is 0.895 bits per heavy atom. The number of alkyl halides is 3. The fourth-order valence-electron chi connectivity index (χ4n) is 4.05. The number of hydrogen-bond donors (Lipinski definition) is 0. The number of rotatable bonds is 4. The third-order valence-corrected chi connectivity index (χ3v) is 5.83. The van der Waals surface area contributed by atoms with Crippen molar-refractivity contribution in [3.8, 4) is 22.6 Å². The lowest BCUT2D eigenvalue weighted by molar-refractivity contribution is -0.273. The minimum atomic E-state index is -5.10. The summed E-state index contributed by atoms with van der Waals surface area (Å²) in [5, 5.41) is -2.00. The second-order valence-electron chi connectivity index (χ2n) is 8.24. The second kappa shape index (κ2) is 9.89. The van der Waals surface area contributed by atoms with Gasteiger partial charge in [-0.05, 0) is 17.2 Å². The molecule has 1 aromatic heterocycles. The smallest absolute Gasteiger partial charge is 0.492 e.